The van der Waals surface area contributed by atoms with Crippen LogP contribution < -0.4 is 16.9 Å². The average Bonchev–Trinajstić information content (AvgIpc) is 2.64. The molecule has 0 spiro atoms. The minimum Gasteiger partial charge on any atom is -0.395 e. The molecule has 9 heteroatoms. The third-order valence-corrected chi connectivity index (χ3v) is 3.86. The minimum absolute atomic E-state index is 0.119. The molecule has 0 bridgehead atoms. The summed E-state index contributed by atoms with van der Waals surface area (Å²) in [7, 11) is 1.61. The van der Waals surface area contributed by atoms with E-state index in [-0.39, 0.29) is 6.04 Å². The standard InChI is InChI=1S/C11H16N6O2S/c1-5(2)17-10(7(12)6(3)14-17)20-11-13-8(18)9(19)15-16(11)4/h5H,12H2,1-4H3,(H,15,19). The first-order chi connectivity index (χ1) is 9.31. The Kier molecular flexibility index (Phi) is 3.71. The number of anilines is 1. The van der Waals surface area contributed by atoms with Crippen molar-refractivity contribution in [1.29, 1.82) is 0 Å². The van der Waals surface area contributed by atoms with Crippen LogP contribution in [-0.2, 0) is 7.05 Å². The van der Waals surface area contributed by atoms with Gasteiger partial charge in [-0.25, -0.2) is 0 Å². The highest BCUT2D eigenvalue weighted by Crippen LogP contribution is 2.33. The highest BCUT2D eigenvalue weighted by Gasteiger charge is 2.18. The SMILES string of the molecule is Cc1nn(C(C)C)c(Sc2nc(=O)c(=O)[nH]n2C)c1N. The molecule has 2 aromatic heterocycles. The van der Waals surface area contributed by atoms with Crippen LogP contribution in [0.5, 0.6) is 0 Å². The molecule has 0 aliphatic heterocycles. The van der Waals surface area contributed by atoms with Gasteiger partial charge in [-0.15, -0.1) is 0 Å². The van der Waals surface area contributed by atoms with Gasteiger partial charge in [-0.1, -0.05) is 0 Å². The van der Waals surface area contributed by atoms with Gasteiger partial charge < -0.3 is 5.73 Å². The molecule has 0 aliphatic carbocycles. The van der Waals surface area contributed by atoms with Crippen molar-refractivity contribution in [2.75, 3.05) is 5.73 Å². The zero-order chi connectivity index (χ0) is 15.0. The smallest absolute Gasteiger partial charge is 0.339 e. The predicted molar refractivity (Wildman–Crippen MR) is 76.0 cm³/mol. The van der Waals surface area contributed by atoms with Crippen LogP contribution in [0.2, 0.25) is 0 Å². The third kappa shape index (κ3) is 2.48. The molecule has 0 saturated carbocycles. The van der Waals surface area contributed by atoms with Gasteiger partial charge in [0.25, 0.3) is 0 Å². The number of nitrogens with zero attached hydrogens (tertiary/aromatic N) is 4. The van der Waals surface area contributed by atoms with Crippen molar-refractivity contribution >= 4 is 17.4 Å². The lowest BCUT2D eigenvalue weighted by molar-refractivity contribution is 0.489. The lowest BCUT2D eigenvalue weighted by Crippen LogP contribution is -2.33. The van der Waals surface area contributed by atoms with E-state index in [4.69, 9.17) is 5.73 Å². The Hall–Kier alpha value is -2.03. The molecule has 3 N–H and O–H groups in total. The van der Waals surface area contributed by atoms with Gasteiger partial charge in [0.2, 0.25) is 0 Å². The summed E-state index contributed by atoms with van der Waals surface area (Å²) in [5, 5.41) is 7.81. The summed E-state index contributed by atoms with van der Waals surface area (Å²) in [6.45, 7) is 5.78. The number of nitrogens with one attached hydrogen (secondary N) is 1. The lowest BCUT2D eigenvalue weighted by Gasteiger charge is -2.11. The summed E-state index contributed by atoms with van der Waals surface area (Å²) in [6, 6.07) is 0.119. The van der Waals surface area contributed by atoms with E-state index in [9.17, 15) is 9.59 Å². The van der Waals surface area contributed by atoms with Crippen molar-refractivity contribution in [3.63, 3.8) is 0 Å². The molecule has 0 atom stereocenters. The van der Waals surface area contributed by atoms with Crippen molar-refractivity contribution in [3.05, 3.63) is 26.4 Å². The Morgan fingerprint density at radius 1 is 1.35 bits per heavy atom. The zero-order valence-electron chi connectivity index (χ0n) is 11.7. The third-order valence-electron chi connectivity index (χ3n) is 2.71. The van der Waals surface area contributed by atoms with Crippen LogP contribution in [-0.4, -0.2) is 24.5 Å². The number of aromatic nitrogens is 5. The average molecular weight is 296 g/mol. The van der Waals surface area contributed by atoms with E-state index in [1.165, 1.54) is 16.4 Å². The van der Waals surface area contributed by atoms with Gasteiger partial charge in [0.05, 0.1) is 11.4 Å². The maximum absolute atomic E-state index is 11.4. The molecule has 0 aliphatic rings. The van der Waals surface area contributed by atoms with E-state index < -0.39 is 11.1 Å². The van der Waals surface area contributed by atoms with Crippen molar-refractivity contribution in [1.82, 2.24) is 24.5 Å². The number of rotatable bonds is 3. The Morgan fingerprint density at radius 2 is 2.00 bits per heavy atom. The molecular weight excluding hydrogens is 280 g/mol. The topological polar surface area (TPSA) is 112 Å². The first-order valence-corrected chi connectivity index (χ1v) is 6.82. The monoisotopic (exact) mass is 296 g/mol. The fraction of sp³-hybridized carbons (Fsp3) is 0.455. The van der Waals surface area contributed by atoms with E-state index >= 15 is 0 Å². The quantitative estimate of drug-likeness (QED) is 0.787. The van der Waals surface area contributed by atoms with E-state index in [0.29, 0.717) is 15.9 Å². The minimum atomic E-state index is -0.823. The molecule has 0 unspecified atom stereocenters. The van der Waals surface area contributed by atoms with Crippen LogP contribution in [0, 0.1) is 6.92 Å². The molecule has 0 aromatic carbocycles. The van der Waals surface area contributed by atoms with Gasteiger partial charge in [0.1, 0.15) is 5.03 Å². The summed E-state index contributed by atoms with van der Waals surface area (Å²) < 4.78 is 3.16. The van der Waals surface area contributed by atoms with Crippen LogP contribution in [0.25, 0.3) is 0 Å². The second kappa shape index (κ2) is 5.16. The highest BCUT2D eigenvalue weighted by molar-refractivity contribution is 7.99. The lowest BCUT2D eigenvalue weighted by atomic mass is 10.4. The number of nitrogen functional groups attached to an aromatic ring is 1. The number of hydrogen-bond donors (Lipinski definition) is 2. The van der Waals surface area contributed by atoms with Gasteiger partial charge in [-0.3, -0.25) is 24.1 Å². The number of nitrogens with two attached hydrogens (primary N) is 1. The van der Waals surface area contributed by atoms with Gasteiger partial charge in [0.15, 0.2) is 5.16 Å². The normalized spacial score (nSPS) is 11.2. The van der Waals surface area contributed by atoms with Crippen LogP contribution in [0.1, 0.15) is 25.6 Å². The number of aromatic amines is 1. The van der Waals surface area contributed by atoms with Crippen molar-refractivity contribution < 1.29 is 0 Å². The molecule has 0 amide bonds. The van der Waals surface area contributed by atoms with Gasteiger partial charge in [-0.2, -0.15) is 10.1 Å². The van der Waals surface area contributed by atoms with Gasteiger partial charge in [0, 0.05) is 13.1 Å². The van der Waals surface area contributed by atoms with Gasteiger partial charge >= 0.3 is 11.1 Å². The second-order valence-corrected chi connectivity index (χ2v) is 5.60. The largest absolute Gasteiger partial charge is 0.395 e. The zero-order valence-corrected chi connectivity index (χ0v) is 12.5. The molecule has 0 radical (unpaired) electrons. The summed E-state index contributed by atoms with van der Waals surface area (Å²) in [5.74, 6) is 0. The first kappa shape index (κ1) is 14.4. The molecule has 2 heterocycles. The van der Waals surface area contributed by atoms with Crippen LogP contribution in [0.3, 0.4) is 0 Å². The van der Waals surface area contributed by atoms with Crippen molar-refractivity contribution in [3.8, 4) is 0 Å². The van der Waals surface area contributed by atoms with Crippen molar-refractivity contribution in [2.24, 2.45) is 7.05 Å². The Labute approximate surface area is 119 Å². The Bertz CT molecular complexity index is 757. The number of aryl methyl sites for hydroxylation is 2. The molecule has 108 valence electrons. The molecule has 2 rings (SSSR count). The van der Waals surface area contributed by atoms with Crippen LogP contribution in [0.15, 0.2) is 19.8 Å². The van der Waals surface area contributed by atoms with E-state index in [2.05, 4.69) is 15.2 Å². The summed E-state index contributed by atoms with van der Waals surface area (Å²) in [6.07, 6.45) is 0. The predicted octanol–water partition coefficient (Wildman–Crippen LogP) is 0.288. The van der Waals surface area contributed by atoms with Crippen molar-refractivity contribution in [2.45, 2.75) is 37.0 Å². The van der Waals surface area contributed by atoms with E-state index in [0.717, 1.165) is 5.69 Å². The molecule has 0 fully saturated rings. The molecule has 8 nitrogen and oxygen atoms in total. The Morgan fingerprint density at radius 3 is 2.60 bits per heavy atom. The maximum atomic E-state index is 11.4. The van der Waals surface area contributed by atoms with Crippen LogP contribution >= 0.6 is 11.8 Å². The number of H-pyrrole nitrogens is 1. The Balaban J connectivity index is 2.53. The van der Waals surface area contributed by atoms with E-state index in [1.54, 1.807) is 11.7 Å². The molecule has 0 saturated heterocycles. The summed E-state index contributed by atoms with van der Waals surface area (Å²) in [4.78, 5) is 26.3. The highest BCUT2D eigenvalue weighted by atomic mass is 32.2. The summed E-state index contributed by atoms with van der Waals surface area (Å²) >= 11 is 1.20. The summed E-state index contributed by atoms with van der Waals surface area (Å²) in [5.41, 5.74) is 5.71. The van der Waals surface area contributed by atoms with Gasteiger partial charge in [-0.05, 0) is 32.5 Å². The number of hydrogen-bond acceptors (Lipinski definition) is 6. The fourth-order valence-electron chi connectivity index (χ4n) is 1.63. The molecule has 2 aromatic rings. The maximum Gasteiger partial charge on any atom is 0.339 e. The fourth-order valence-corrected chi connectivity index (χ4v) is 2.72. The van der Waals surface area contributed by atoms with E-state index in [1.807, 2.05) is 20.8 Å². The molecular formula is C11H16N6O2S. The second-order valence-electron chi connectivity index (χ2n) is 4.64. The van der Waals surface area contributed by atoms with Crippen LogP contribution in [0.4, 0.5) is 5.69 Å². The first-order valence-electron chi connectivity index (χ1n) is 6.01. The molecule has 20 heavy (non-hydrogen) atoms.